The molecule has 2 aromatic heterocycles. The molecule has 6 heteroatoms. The summed E-state index contributed by atoms with van der Waals surface area (Å²) in [6, 6.07) is 0. The van der Waals surface area contributed by atoms with Gasteiger partial charge in [-0.2, -0.15) is 0 Å². The Balaban J connectivity index is 2.82. The van der Waals surface area contributed by atoms with Crippen molar-refractivity contribution < 1.29 is 0 Å². The highest BCUT2D eigenvalue weighted by molar-refractivity contribution is 7.98. The molecule has 0 spiro atoms. The van der Waals surface area contributed by atoms with E-state index in [9.17, 15) is 0 Å². The SMILES string of the molecule is CSc1nnc(S)c2[nH]cnc12. The number of nitrogens with zero attached hydrogens (tertiary/aromatic N) is 3. The van der Waals surface area contributed by atoms with Gasteiger partial charge >= 0.3 is 0 Å². The number of aromatic amines is 1. The van der Waals surface area contributed by atoms with Gasteiger partial charge in [0.15, 0.2) is 0 Å². The van der Waals surface area contributed by atoms with Crippen LogP contribution in [0.2, 0.25) is 0 Å². The van der Waals surface area contributed by atoms with Crippen LogP contribution in [0.1, 0.15) is 0 Å². The molecular weight excluding hydrogens is 192 g/mol. The average molecular weight is 198 g/mol. The standard InChI is InChI=1S/C6H6N4S2/c1-12-6-4-3(7-2-8-4)5(11)9-10-6/h2H,1H3,(H,7,8)(H,9,11). The highest BCUT2D eigenvalue weighted by Gasteiger charge is 2.07. The van der Waals surface area contributed by atoms with Gasteiger partial charge in [0, 0.05) is 0 Å². The molecule has 2 aromatic rings. The fourth-order valence-electron chi connectivity index (χ4n) is 0.955. The van der Waals surface area contributed by atoms with Gasteiger partial charge in [-0.15, -0.1) is 34.6 Å². The lowest BCUT2D eigenvalue weighted by molar-refractivity contribution is 0.883. The zero-order valence-corrected chi connectivity index (χ0v) is 7.99. The number of thioether (sulfide) groups is 1. The summed E-state index contributed by atoms with van der Waals surface area (Å²) in [5.74, 6) is 0. The van der Waals surface area contributed by atoms with Crippen LogP contribution in [0.4, 0.5) is 0 Å². The summed E-state index contributed by atoms with van der Waals surface area (Å²) >= 11 is 5.67. The Morgan fingerprint density at radius 3 is 3.08 bits per heavy atom. The van der Waals surface area contributed by atoms with Crippen molar-refractivity contribution >= 4 is 35.4 Å². The molecule has 12 heavy (non-hydrogen) atoms. The molecule has 0 bridgehead atoms. The first-order chi connectivity index (χ1) is 5.83. The lowest BCUT2D eigenvalue weighted by Crippen LogP contribution is -1.88. The molecule has 0 fully saturated rings. The molecule has 0 aliphatic heterocycles. The molecule has 0 aliphatic rings. The van der Waals surface area contributed by atoms with Crippen molar-refractivity contribution in [1.29, 1.82) is 0 Å². The van der Waals surface area contributed by atoms with E-state index < -0.39 is 0 Å². The van der Waals surface area contributed by atoms with E-state index in [0.717, 1.165) is 16.1 Å². The molecule has 62 valence electrons. The second-order valence-corrected chi connectivity index (χ2v) is 3.38. The maximum Gasteiger partial charge on any atom is 0.146 e. The molecule has 2 heterocycles. The normalized spacial score (nSPS) is 10.8. The van der Waals surface area contributed by atoms with Crippen molar-refractivity contribution in [2.75, 3.05) is 6.26 Å². The Morgan fingerprint density at radius 2 is 2.33 bits per heavy atom. The van der Waals surface area contributed by atoms with Crippen LogP contribution in [0.3, 0.4) is 0 Å². The molecule has 0 amide bonds. The number of H-pyrrole nitrogens is 1. The second-order valence-electron chi connectivity index (χ2n) is 2.16. The zero-order chi connectivity index (χ0) is 8.55. The Morgan fingerprint density at radius 1 is 1.50 bits per heavy atom. The number of thiol groups is 1. The highest BCUT2D eigenvalue weighted by Crippen LogP contribution is 2.23. The lowest BCUT2D eigenvalue weighted by Gasteiger charge is -1.96. The second kappa shape index (κ2) is 2.95. The van der Waals surface area contributed by atoms with Crippen LogP contribution in [0.5, 0.6) is 0 Å². The number of hydrogen-bond donors (Lipinski definition) is 2. The Hall–Kier alpha value is -0.750. The van der Waals surface area contributed by atoms with Gasteiger partial charge in [-0.3, -0.25) is 0 Å². The number of imidazole rings is 1. The van der Waals surface area contributed by atoms with Crippen LogP contribution >= 0.6 is 24.4 Å². The van der Waals surface area contributed by atoms with Crippen LogP contribution in [-0.4, -0.2) is 26.4 Å². The third-order valence-corrected chi connectivity index (χ3v) is 2.47. The van der Waals surface area contributed by atoms with E-state index in [-0.39, 0.29) is 0 Å². The van der Waals surface area contributed by atoms with Gasteiger partial charge in [0.1, 0.15) is 21.1 Å². The predicted molar refractivity (Wildman–Crippen MR) is 50.7 cm³/mol. The van der Waals surface area contributed by atoms with E-state index in [1.807, 2.05) is 6.26 Å². The van der Waals surface area contributed by atoms with Gasteiger partial charge in [-0.05, 0) is 6.26 Å². The molecule has 0 radical (unpaired) electrons. The van der Waals surface area contributed by atoms with Crippen molar-refractivity contribution in [2.24, 2.45) is 0 Å². The largest absolute Gasteiger partial charge is 0.342 e. The van der Waals surface area contributed by atoms with Crippen molar-refractivity contribution in [3.63, 3.8) is 0 Å². The maximum absolute atomic E-state index is 4.15. The number of aromatic nitrogens is 4. The summed E-state index contributed by atoms with van der Waals surface area (Å²) in [4.78, 5) is 7.08. The quantitative estimate of drug-likeness (QED) is 0.536. The Kier molecular flexibility index (Phi) is 1.93. The fourth-order valence-corrected chi connectivity index (χ4v) is 1.64. The summed E-state index contributed by atoms with van der Waals surface area (Å²) in [6.45, 7) is 0. The van der Waals surface area contributed by atoms with Gasteiger partial charge in [-0.1, -0.05) is 0 Å². The van der Waals surface area contributed by atoms with Crippen molar-refractivity contribution in [1.82, 2.24) is 20.2 Å². The number of rotatable bonds is 1. The third-order valence-electron chi connectivity index (χ3n) is 1.49. The van der Waals surface area contributed by atoms with Crippen molar-refractivity contribution in [2.45, 2.75) is 10.1 Å². The molecule has 1 N–H and O–H groups in total. The van der Waals surface area contributed by atoms with Crippen LogP contribution in [-0.2, 0) is 0 Å². The summed E-state index contributed by atoms with van der Waals surface area (Å²) < 4.78 is 0. The first-order valence-corrected chi connectivity index (χ1v) is 4.93. The molecule has 2 rings (SSSR count). The van der Waals surface area contributed by atoms with Crippen LogP contribution < -0.4 is 0 Å². The Labute approximate surface area is 78.6 Å². The third kappa shape index (κ3) is 1.07. The van der Waals surface area contributed by atoms with E-state index in [1.54, 1.807) is 6.33 Å². The fraction of sp³-hybridized carbons (Fsp3) is 0.167. The Bertz CT molecular complexity index is 411. The monoisotopic (exact) mass is 198 g/mol. The number of nitrogens with one attached hydrogen (secondary N) is 1. The molecule has 0 saturated carbocycles. The van der Waals surface area contributed by atoms with E-state index in [2.05, 4.69) is 32.8 Å². The van der Waals surface area contributed by atoms with Crippen LogP contribution in [0.25, 0.3) is 11.0 Å². The first-order valence-electron chi connectivity index (χ1n) is 3.25. The van der Waals surface area contributed by atoms with E-state index >= 15 is 0 Å². The van der Waals surface area contributed by atoms with Crippen LogP contribution in [0, 0.1) is 0 Å². The number of fused-ring (bicyclic) bond motifs is 1. The summed E-state index contributed by atoms with van der Waals surface area (Å²) in [6.07, 6.45) is 3.56. The van der Waals surface area contributed by atoms with Crippen LogP contribution in [0.15, 0.2) is 16.4 Å². The van der Waals surface area contributed by atoms with E-state index in [0.29, 0.717) is 5.03 Å². The molecular formula is C6H6N4S2. The zero-order valence-electron chi connectivity index (χ0n) is 6.27. The molecule has 0 aliphatic carbocycles. The maximum atomic E-state index is 4.15. The molecule has 0 saturated heterocycles. The summed E-state index contributed by atoms with van der Waals surface area (Å²) in [5, 5.41) is 9.23. The summed E-state index contributed by atoms with van der Waals surface area (Å²) in [7, 11) is 0. The van der Waals surface area contributed by atoms with Crippen molar-refractivity contribution in [3.8, 4) is 0 Å². The minimum atomic E-state index is 0.584. The highest BCUT2D eigenvalue weighted by atomic mass is 32.2. The van der Waals surface area contributed by atoms with Gasteiger partial charge in [0.25, 0.3) is 0 Å². The molecule has 4 nitrogen and oxygen atoms in total. The van der Waals surface area contributed by atoms with E-state index in [4.69, 9.17) is 0 Å². The summed E-state index contributed by atoms with van der Waals surface area (Å²) in [5.41, 5.74) is 1.68. The van der Waals surface area contributed by atoms with Gasteiger partial charge < -0.3 is 4.98 Å². The topological polar surface area (TPSA) is 54.5 Å². The molecule has 0 aromatic carbocycles. The average Bonchev–Trinajstić information content (AvgIpc) is 2.54. The van der Waals surface area contributed by atoms with E-state index in [1.165, 1.54) is 11.8 Å². The molecule has 0 unspecified atom stereocenters. The predicted octanol–water partition coefficient (Wildman–Crippen LogP) is 1.36. The minimum absolute atomic E-state index is 0.584. The van der Waals surface area contributed by atoms with Crippen molar-refractivity contribution in [3.05, 3.63) is 6.33 Å². The first kappa shape index (κ1) is 7.88. The van der Waals surface area contributed by atoms with Gasteiger partial charge in [-0.25, -0.2) is 4.98 Å². The smallest absolute Gasteiger partial charge is 0.146 e. The minimum Gasteiger partial charge on any atom is -0.342 e. The lowest BCUT2D eigenvalue weighted by atomic mass is 10.5. The van der Waals surface area contributed by atoms with Gasteiger partial charge in [0.05, 0.1) is 6.33 Å². The molecule has 0 atom stereocenters. The van der Waals surface area contributed by atoms with Gasteiger partial charge in [0.2, 0.25) is 0 Å². The number of hydrogen-bond acceptors (Lipinski definition) is 5.